The summed E-state index contributed by atoms with van der Waals surface area (Å²) in [6, 6.07) is 0. The molecular formula is C4H10O6. The smallest absolute Gasteiger partial charge is 0.217 e. The predicted molar refractivity (Wildman–Crippen MR) is 28.6 cm³/mol. The minimum absolute atomic E-state index is 0.384. The summed E-state index contributed by atoms with van der Waals surface area (Å²) in [5, 5.41) is 41.4. The minimum Gasteiger partial charge on any atom is -0.364 e. The Kier molecular flexibility index (Phi) is 3.72. The van der Waals surface area contributed by atoms with Crippen molar-refractivity contribution in [2.24, 2.45) is 0 Å². The summed E-state index contributed by atoms with van der Waals surface area (Å²) in [6.07, 6.45) is -2.75. The second-order valence-corrected chi connectivity index (χ2v) is 1.84. The van der Waals surface area contributed by atoms with Crippen molar-refractivity contribution in [2.75, 3.05) is 6.61 Å². The second kappa shape index (κ2) is 3.81. The fraction of sp³-hybridized carbons (Fsp3) is 1.00. The maximum atomic E-state index is 8.59. The van der Waals surface area contributed by atoms with Crippen molar-refractivity contribution in [3.63, 3.8) is 0 Å². The van der Waals surface area contributed by atoms with Gasteiger partial charge >= 0.3 is 0 Å². The van der Waals surface area contributed by atoms with Gasteiger partial charge in [0.2, 0.25) is 12.1 Å². The molecule has 0 spiro atoms. The van der Waals surface area contributed by atoms with E-state index in [9.17, 15) is 0 Å². The van der Waals surface area contributed by atoms with Crippen molar-refractivity contribution >= 4 is 0 Å². The lowest BCUT2D eigenvalue weighted by molar-refractivity contribution is -0.314. The summed E-state index contributed by atoms with van der Waals surface area (Å²) in [5.41, 5.74) is 0. The summed E-state index contributed by atoms with van der Waals surface area (Å²) in [5.74, 6) is -2.62. The molecule has 0 aliphatic rings. The lowest BCUT2D eigenvalue weighted by Crippen LogP contribution is -2.42. The van der Waals surface area contributed by atoms with Crippen LogP contribution in [-0.2, 0) is 4.89 Å². The molecule has 0 aromatic rings. The minimum atomic E-state index is -2.62. The molecule has 0 bridgehead atoms. The quantitative estimate of drug-likeness (QED) is 0.179. The predicted octanol–water partition coefficient (Wildman–Crippen LogP) is -2.14. The van der Waals surface area contributed by atoms with Gasteiger partial charge in [-0.25, -0.2) is 4.89 Å². The topological polar surface area (TPSA) is 110 Å². The first-order chi connectivity index (χ1) is 4.50. The van der Waals surface area contributed by atoms with Crippen LogP contribution in [-0.4, -0.2) is 44.4 Å². The maximum absolute atomic E-state index is 8.59. The Morgan fingerprint density at radius 2 is 1.80 bits per heavy atom. The number of hydrogen-bond donors (Lipinski definition) is 5. The Hall–Kier alpha value is -0.240. The fourth-order valence-electron chi connectivity index (χ4n) is 0.325. The van der Waals surface area contributed by atoms with Crippen molar-refractivity contribution in [1.82, 2.24) is 0 Å². The highest BCUT2D eigenvalue weighted by Crippen LogP contribution is 2.08. The highest BCUT2D eigenvalue weighted by molar-refractivity contribution is 4.64. The first-order valence-electron chi connectivity index (χ1n) is 2.58. The highest BCUT2D eigenvalue weighted by atomic mass is 17.1. The van der Waals surface area contributed by atoms with Crippen LogP contribution in [0.1, 0.15) is 6.42 Å². The zero-order chi connectivity index (χ0) is 8.20. The van der Waals surface area contributed by atoms with Gasteiger partial charge in [0.25, 0.3) is 0 Å². The van der Waals surface area contributed by atoms with Gasteiger partial charge in [0.1, 0.15) is 0 Å². The van der Waals surface area contributed by atoms with Gasteiger partial charge in [0, 0.05) is 6.42 Å². The molecule has 0 saturated carbocycles. The molecule has 10 heavy (non-hydrogen) atoms. The third kappa shape index (κ3) is 3.06. The van der Waals surface area contributed by atoms with Crippen LogP contribution in [0.2, 0.25) is 0 Å². The first kappa shape index (κ1) is 9.76. The van der Waals surface area contributed by atoms with Crippen LogP contribution in [0.4, 0.5) is 0 Å². The third-order valence-electron chi connectivity index (χ3n) is 0.975. The molecule has 6 nitrogen and oxygen atoms in total. The van der Waals surface area contributed by atoms with Crippen molar-refractivity contribution in [3.8, 4) is 0 Å². The van der Waals surface area contributed by atoms with Crippen molar-refractivity contribution in [3.05, 3.63) is 0 Å². The fourth-order valence-corrected chi connectivity index (χ4v) is 0.325. The first-order valence-corrected chi connectivity index (χ1v) is 2.58. The number of rotatable bonds is 4. The zero-order valence-corrected chi connectivity index (χ0v) is 5.14. The van der Waals surface area contributed by atoms with E-state index in [4.69, 9.17) is 25.7 Å². The van der Waals surface area contributed by atoms with E-state index in [-0.39, 0.29) is 6.61 Å². The van der Waals surface area contributed by atoms with E-state index in [0.717, 1.165) is 0 Å². The molecule has 0 aliphatic carbocycles. The van der Waals surface area contributed by atoms with E-state index >= 15 is 0 Å². The van der Waals surface area contributed by atoms with Crippen molar-refractivity contribution in [2.45, 2.75) is 18.5 Å². The monoisotopic (exact) mass is 154 g/mol. The second-order valence-electron chi connectivity index (χ2n) is 1.84. The zero-order valence-electron chi connectivity index (χ0n) is 5.14. The van der Waals surface area contributed by atoms with Gasteiger partial charge in [-0.3, -0.25) is 5.26 Å². The van der Waals surface area contributed by atoms with Gasteiger partial charge in [0.15, 0.2) is 0 Å². The van der Waals surface area contributed by atoms with Crippen molar-refractivity contribution < 1.29 is 30.6 Å². The number of aliphatic hydroxyl groups excluding tert-OH is 1. The lowest BCUT2D eigenvalue weighted by Gasteiger charge is -2.22. The Morgan fingerprint density at radius 3 is 2.10 bits per heavy atom. The number of aliphatic hydroxyl groups is 4. The van der Waals surface area contributed by atoms with Gasteiger partial charge in [-0.15, -0.1) is 0 Å². The molecule has 0 radical (unpaired) electrons. The van der Waals surface area contributed by atoms with E-state index in [1.54, 1.807) is 0 Å². The molecule has 0 unspecified atom stereocenters. The Labute approximate surface area is 56.8 Å². The van der Waals surface area contributed by atoms with Gasteiger partial charge in [-0.05, 0) is 0 Å². The SMILES string of the molecule is OOCCC(O)(O)C(O)O. The molecule has 62 valence electrons. The molecule has 0 heterocycles. The van der Waals surface area contributed by atoms with Crippen molar-refractivity contribution in [1.29, 1.82) is 0 Å². The highest BCUT2D eigenvalue weighted by Gasteiger charge is 2.31. The number of hydrogen-bond acceptors (Lipinski definition) is 6. The van der Waals surface area contributed by atoms with Crippen LogP contribution in [0.15, 0.2) is 0 Å². The summed E-state index contributed by atoms with van der Waals surface area (Å²) in [6.45, 7) is -0.384. The van der Waals surface area contributed by atoms with Gasteiger partial charge in [0.05, 0.1) is 6.61 Å². The van der Waals surface area contributed by atoms with Crippen LogP contribution in [0.5, 0.6) is 0 Å². The van der Waals surface area contributed by atoms with E-state index in [2.05, 4.69) is 4.89 Å². The Bertz CT molecular complexity index is 89.7. The average Bonchev–Trinajstić information content (AvgIpc) is 1.84. The summed E-state index contributed by atoms with van der Waals surface area (Å²) in [4.78, 5) is 3.49. The molecule has 0 fully saturated rings. The molecule has 0 aromatic heterocycles. The largest absolute Gasteiger partial charge is 0.364 e. The van der Waals surface area contributed by atoms with Crippen LogP contribution in [0.3, 0.4) is 0 Å². The normalized spacial score (nSPS) is 12.6. The molecule has 6 heteroatoms. The summed E-state index contributed by atoms with van der Waals surface area (Å²) in [7, 11) is 0. The van der Waals surface area contributed by atoms with Gasteiger partial charge in [-0.1, -0.05) is 0 Å². The van der Waals surface area contributed by atoms with E-state index in [1.165, 1.54) is 0 Å². The molecular weight excluding hydrogens is 144 g/mol. The van der Waals surface area contributed by atoms with Gasteiger partial charge < -0.3 is 20.4 Å². The summed E-state index contributed by atoms with van der Waals surface area (Å²) >= 11 is 0. The van der Waals surface area contributed by atoms with Crippen LogP contribution in [0.25, 0.3) is 0 Å². The Balaban J connectivity index is 3.63. The summed E-state index contributed by atoms with van der Waals surface area (Å²) < 4.78 is 0. The van der Waals surface area contributed by atoms with E-state index in [0.29, 0.717) is 0 Å². The molecule has 0 atom stereocenters. The molecule has 0 rings (SSSR count). The molecule has 0 aliphatic heterocycles. The van der Waals surface area contributed by atoms with Crippen LogP contribution in [0, 0.1) is 0 Å². The van der Waals surface area contributed by atoms with E-state index < -0.39 is 18.5 Å². The molecule has 0 saturated heterocycles. The maximum Gasteiger partial charge on any atom is 0.217 e. The van der Waals surface area contributed by atoms with E-state index in [1.807, 2.05) is 0 Å². The molecule has 0 amide bonds. The Morgan fingerprint density at radius 1 is 1.30 bits per heavy atom. The van der Waals surface area contributed by atoms with Crippen LogP contribution < -0.4 is 0 Å². The standard InChI is InChI=1S/C4H10O6/c5-3(6)4(7,8)1-2-10-9/h3,5-9H,1-2H2. The van der Waals surface area contributed by atoms with Crippen LogP contribution >= 0.6 is 0 Å². The third-order valence-corrected chi connectivity index (χ3v) is 0.975. The van der Waals surface area contributed by atoms with Gasteiger partial charge in [-0.2, -0.15) is 0 Å². The average molecular weight is 154 g/mol. The lowest BCUT2D eigenvalue weighted by atomic mass is 10.2. The molecule has 5 N–H and O–H groups in total. The molecule has 0 aromatic carbocycles.